The van der Waals surface area contributed by atoms with Crippen molar-refractivity contribution in [2.24, 2.45) is 0 Å². The van der Waals surface area contributed by atoms with Crippen molar-refractivity contribution in [1.29, 1.82) is 0 Å². The second kappa shape index (κ2) is 13.9. The first-order chi connectivity index (χ1) is 20.5. The summed E-state index contributed by atoms with van der Waals surface area (Å²) in [6.45, 7) is 7.26. The van der Waals surface area contributed by atoms with Gasteiger partial charge in [0.05, 0.1) is 6.61 Å². The van der Waals surface area contributed by atoms with Gasteiger partial charge in [0.2, 0.25) is 0 Å². The van der Waals surface area contributed by atoms with Crippen LogP contribution in [0.2, 0.25) is 0 Å². The lowest BCUT2D eigenvalue weighted by molar-refractivity contribution is -0.151. The van der Waals surface area contributed by atoms with Gasteiger partial charge in [0.1, 0.15) is 5.75 Å². The van der Waals surface area contributed by atoms with Crippen molar-refractivity contribution in [1.82, 2.24) is 4.57 Å². The Morgan fingerprint density at radius 2 is 1.31 bits per heavy atom. The summed E-state index contributed by atoms with van der Waals surface area (Å²) in [4.78, 5) is 12.6. The fourth-order valence-corrected chi connectivity index (χ4v) is 5.27. The second-order valence-corrected chi connectivity index (χ2v) is 10.7. The Hall–Kier alpha value is -4.57. The van der Waals surface area contributed by atoms with E-state index in [1.807, 2.05) is 49.4 Å². The average molecular weight is 558 g/mol. The fraction of sp³-hybridized carbons (Fsp3) is 0.237. The van der Waals surface area contributed by atoms with E-state index < -0.39 is 6.10 Å². The summed E-state index contributed by atoms with van der Waals surface area (Å²) in [6.07, 6.45) is 2.03. The number of nitrogens with zero attached hydrogens (tertiary/aromatic N) is 1. The van der Waals surface area contributed by atoms with Crippen LogP contribution in [0.15, 0.2) is 115 Å². The van der Waals surface area contributed by atoms with E-state index in [1.165, 1.54) is 27.9 Å². The number of aryl methyl sites for hydroxylation is 2. The van der Waals surface area contributed by atoms with Crippen LogP contribution in [0, 0.1) is 6.92 Å². The van der Waals surface area contributed by atoms with Crippen LogP contribution >= 0.6 is 0 Å². The van der Waals surface area contributed by atoms with Crippen LogP contribution in [0.5, 0.6) is 5.75 Å². The number of aromatic nitrogens is 1. The van der Waals surface area contributed by atoms with E-state index in [1.54, 1.807) is 0 Å². The van der Waals surface area contributed by atoms with E-state index in [9.17, 15) is 4.79 Å². The minimum Gasteiger partial charge on any atom is -0.478 e. The van der Waals surface area contributed by atoms with Gasteiger partial charge in [-0.15, -0.1) is 0 Å². The van der Waals surface area contributed by atoms with Gasteiger partial charge in [-0.1, -0.05) is 92.2 Å². The number of hydrogen-bond acceptors (Lipinski definition) is 3. The SMILES string of the molecule is CCCc1ccc(-c2ccc(Cn3c(C)ccc3-c3ccc(O[C@H](Cc4ccccc4)C(=O)OCC)cc3)cc2)cc1. The lowest BCUT2D eigenvalue weighted by atomic mass is 10.0. The molecule has 0 aliphatic heterocycles. The van der Waals surface area contributed by atoms with Crippen molar-refractivity contribution in [3.63, 3.8) is 0 Å². The zero-order valence-electron chi connectivity index (χ0n) is 24.8. The van der Waals surface area contributed by atoms with Gasteiger partial charge in [-0.05, 0) is 90.0 Å². The normalized spacial score (nSPS) is 11.7. The van der Waals surface area contributed by atoms with Gasteiger partial charge in [-0.3, -0.25) is 0 Å². The largest absolute Gasteiger partial charge is 0.478 e. The molecule has 5 aromatic rings. The highest BCUT2D eigenvalue weighted by molar-refractivity contribution is 5.75. The lowest BCUT2D eigenvalue weighted by Gasteiger charge is -2.18. The minimum atomic E-state index is -0.707. The Kier molecular flexibility index (Phi) is 9.55. The van der Waals surface area contributed by atoms with E-state index >= 15 is 0 Å². The lowest BCUT2D eigenvalue weighted by Crippen LogP contribution is -2.31. The molecule has 5 rings (SSSR count). The molecule has 0 bridgehead atoms. The molecule has 4 nitrogen and oxygen atoms in total. The molecular weight excluding hydrogens is 518 g/mol. The van der Waals surface area contributed by atoms with Gasteiger partial charge in [0.15, 0.2) is 6.10 Å². The average Bonchev–Trinajstić information content (AvgIpc) is 3.38. The Labute approximate surface area is 249 Å². The maximum Gasteiger partial charge on any atom is 0.347 e. The van der Waals surface area contributed by atoms with Crippen LogP contribution in [0.3, 0.4) is 0 Å². The fourth-order valence-electron chi connectivity index (χ4n) is 5.27. The molecule has 1 heterocycles. The van der Waals surface area contributed by atoms with Crippen molar-refractivity contribution >= 4 is 5.97 Å². The van der Waals surface area contributed by atoms with Crippen molar-refractivity contribution in [3.8, 4) is 28.1 Å². The first-order valence-corrected chi connectivity index (χ1v) is 14.9. The monoisotopic (exact) mass is 557 g/mol. The van der Waals surface area contributed by atoms with Crippen LogP contribution < -0.4 is 4.74 Å². The van der Waals surface area contributed by atoms with Crippen LogP contribution in [0.1, 0.15) is 42.7 Å². The number of hydrogen-bond donors (Lipinski definition) is 0. The first kappa shape index (κ1) is 28.9. The molecular formula is C38H39NO3. The Morgan fingerprint density at radius 3 is 1.93 bits per heavy atom. The topological polar surface area (TPSA) is 40.5 Å². The van der Waals surface area contributed by atoms with Crippen LogP contribution in [0.4, 0.5) is 0 Å². The van der Waals surface area contributed by atoms with Gasteiger partial charge in [0.25, 0.3) is 0 Å². The van der Waals surface area contributed by atoms with Gasteiger partial charge >= 0.3 is 5.97 Å². The molecule has 0 aliphatic carbocycles. The maximum atomic E-state index is 12.6. The van der Waals surface area contributed by atoms with Crippen molar-refractivity contribution < 1.29 is 14.3 Å². The van der Waals surface area contributed by atoms with Crippen molar-refractivity contribution in [2.75, 3.05) is 6.61 Å². The Morgan fingerprint density at radius 1 is 0.690 bits per heavy atom. The van der Waals surface area contributed by atoms with Gasteiger partial charge in [-0.2, -0.15) is 0 Å². The molecule has 214 valence electrons. The number of rotatable bonds is 12. The maximum absolute atomic E-state index is 12.6. The number of carbonyl (C=O) groups excluding carboxylic acids is 1. The van der Waals surface area contributed by atoms with E-state index in [4.69, 9.17) is 9.47 Å². The molecule has 0 saturated heterocycles. The molecule has 1 aromatic heterocycles. The number of ether oxygens (including phenoxy) is 2. The highest BCUT2D eigenvalue weighted by Gasteiger charge is 2.22. The summed E-state index contributed by atoms with van der Waals surface area (Å²) in [5, 5.41) is 0. The predicted molar refractivity (Wildman–Crippen MR) is 171 cm³/mol. The molecule has 0 amide bonds. The zero-order chi connectivity index (χ0) is 29.3. The van der Waals surface area contributed by atoms with Crippen LogP contribution in [-0.4, -0.2) is 23.2 Å². The highest BCUT2D eigenvalue weighted by Crippen LogP contribution is 2.28. The summed E-state index contributed by atoms with van der Waals surface area (Å²) in [6, 6.07) is 39.9. The third-order valence-electron chi connectivity index (χ3n) is 7.56. The van der Waals surface area contributed by atoms with Crippen molar-refractivity contribution in [2.45, 2.75) is 52.7 Å². The van der Waals surface area contributed by atoms with Crippen molar-refractivity contribution in [3.05, 3.63) is 138 Å². The van der Waals surface area contributed by atoms with E-state index in [2.05, 4.69) is 91.2 Å². The number of benzene rings is 4. The molecule has 0 fully saturated rings. The predicted octanol–water partition coefficient (Wildman–Crippen LogP) is 8.68. The third kappa shape index (κ3) is 7.19. The van der Waals surface area contributed by atoms with E-state index in [-0.39, 0.29) is 5.97 Å². The molecule has 0 saturated carbocycles. The van der Waals surface area contributed by atoms with Gasteiger partial charge in [-0.25, -0.2) is 4.79 Å². The standard InChI is InChI=1S/C38H39NO3/c1-4-9-29-13-17-32(18-14-29)33-19-15-31(16-20-33)27-39-28(3)12-25-36(39)34-21-23-35(24-22-34)42-37(38(40)41-5-2)26-30-10-7-6-8-11-30/h6-8,10-25,37H,4-5,9,26-27H2,1-3H3/t37-/m1/s1. The van der Waals surface area contributed by atoms with Crippen LogP contribution in [0.25, 0.3) is 22.4 Å². The van der Waals surface area contributed by atoms with Gasteiger partial charge in [0, 0.05) is 24.4 Å². The molecule has 0 spiro atoms. The molecule has 1 atom stereocenters. The highest BCUT2D eigenvalue weighted by atomic mass is 16.6. The second-order valence-electron chi connectivity index (χ2n) is 10.7. The first-order valence-electron chi connectivity index (χ1n) is 14.9. The molecule has 0 N–H and O–H groups in total. The summed E-state index contributed by atoms with van der Waals surface area (Å²) in [5.74, 6) is 0.287. The third-order valence-corrected chi connectivity index (χ3v) is 7.56. The van der Waals surface area contributed by atoms with E-state index in [0.717, 1.165) is 36.2 Å². The molecule has 0 aliphatic rings. The smallest absolute Gasteiger partial charge is 0.347 e. The molecule has 42 heavy (non-hydrogen) atoms. The Balaban J connectivity index is 1.29. The molecule has 0 unspecified atom stereocenters. The zero-order valence-corrected chi connectivity index (χ0v) is 24.8. The summed E-state index contributed by atoms with van der Waals surface area (Å²) >= 11 is 0. The molecule has 4 aromatic carbocycles. The quantitative estimate of drug-likeness (QED) is 0.144. The summed E-state index contributed by atoms with van der Waals surface area (Å²) < 4.78 is 13.8. The van der Waals surface area contributed by atoms with E-state index in [0.29, 0.717) is 18.8 Å². The van der Waals surface area contributed by atoms with Crippen LogP contribution in [-0.2, 0) is 28.9 Å². The number of carbonyl (C=O) groups is 1. The number of esters is 1. The Bertz CT molecular complexity index is 1570. The molecule has 4 heteroatoms. The van der Waals surface area contributed by atoms with Gasteiger partial charge < -0.3 is 14.0 Å². The molecule has 0 radical (unpaired) electrons. The summed E-state index contributed by atoms with van der Waals surface area (Å²) in [5.41, 5.74) is 9.57. The minimum absolute atomic E-state index is 0.317. The summed E-state index contributed by atoms with van der Waals surface area (Å²) in [7, 11) is 0.